The zero-order chi connectivity index (χ0) is 15.7. The Morgan fingerprint density at radius 1 is 1.05 bits per heavy atom. The smallest absolute Gasteiger partial charge is 0.199 e. The number of aryl methyl sites for hydroxylation is 1. The number of hydrogen-bond donors (Lipinski definition) is 0. The fourth-order valence-corrected chi connectivity index (χ4v) is 3.69. The van der Waals surface area contributed by atoms with Crippen molar-refractivity contribution < 1.29 is 4.58 Å². The van der Waals surface area contributed by atoms with E-state index >= 15 is 0 Å². The molecule has 0 spiro atoms. The van der Waals surface area contributed by atoms with Crippen LogP contribution >= 0.6 is 15.9 Å². The molecule has 1 aliphatic rings. The highest BCUT2D eigenvalue weighted by Gasteiger charge is 2.42. The molecule has 0 amide bonds. The molecule has 2 aromatic rings. The van der Waals surface area contributed by atoms with Crippen molar-refractivity contribution in [2.75, 3.05) is 6.54 Å². The molecule has 3 rings (SSSR count). The van der Waals surface area contributed by atoms with Gasteiger partial charge in [-0.3, -0.25) is 0 Å². The summed E-state index contributed by atoms with van der Waals surface area (Å²) in [6, 6.07) is 17.4. The van der Waals surface area contributed by atoms with Crippen LogP contribution in [0.15, 0.2) is 53.0 Å². The van der Waals surface area contributed by atoms with Crippen molar-refractivity contribution >= 4 is 27.3 Å². The summed E-state index contributed by atoms with van der Waals surface area (Å²) in [5, 5.41) is 0. The molecule has 0 atom stereocenters. The predicted octanol–water partition coefficient (Wildman–Crippen LogP) is 5.48. The van der Waals surface area contributed by atoms with Crippen molar-refractivity contribution in [2.24, 2.45) is 0 Å². The summed E-state index contributed by atoms with van der Waals surface area (Å²) < 4.78 is 3.67. The van der Waals surface area contributed by atoms with Gasteiger partial charge in [0.15, 0.2) is 5.71 Å². The van der Waals surface area contributed by atoms with Crippen LogP contribution in [0, 0.1) is 0 Å². The second-order valence-electron chi connectivity index (χ2n) is 6.61. The van der Waals surface area contributed by atoms with Crippen LogP contribution in [0.1, 0.15) is 38.3 Å². The minimum Gasteiger partial charge on any atom is -0.199 e. The van der Waals surface area contributed by atoms with Gasteiger partial charge < -0.3 is 0 Å². The van der Waals surface area contributed by atoms with Crippen molar-refractivity contribution in [3.63, 3.8) is 0 Å². The molecule has 0 aliphatic carbocycles. The maximum absolute atomic E-state index is 3.61. The molecular weight excluding hydrogens is 334 g/mol. The fraction of sp³-hybridized carbons (Fsp3) is 0.350. The predicted molar refractivity (Wildman–Crippen MR) is 97.4 cm³/mol. The Morgan fingerprint density at radius 2 is 1.77 bits per heavy atom. The number of nitrogens with zero attached hydrogens (tertiary/aromatic N) is 1. The maximum atomic E-state index is 3.61. The summed E-state index contributed by atoms with van der Waals surface area (Å²) in [6.07, 6.45) is 2.31. The highest BCUT2D eigenvalue weighted by Crippen LogP contribution is 2.40. The average Bonchev–Trinajstić information content (AvgIpc) is 2.69. The van der Waals surface area contributed by atoms with Crippen molar-refractivity contribution in [3.8, 4) is 0 Å². The van der Waals surface area contributed by atoms with E-state index in [9.17, 15) is 0 Å². The third-order valence-corrected chi connectivity index (χ3v) is 5.42. The second kappa shape index (κ2) is 6.00. The number of rotatable bonds is 4. The Balaban J connectivity index is 1.80. The number of fused-ring (bicyclic) bond motifs is 1. The minimum atomic E-state index is 0.117. The maximum Gasteiger partial charge on any atom is 0.209 e. The Hall–Kier alpha value is -1.41. The van der Waals surface area contributed by atoms with Crippen molar-refractivity contribution in [1.29, 1.82) is 0 Å². The standard InChI is InChI=1S/C20H23BrN/c1-15-20(2,3)18-14-17(21)11-12-19(18)22(15)13-7-10-16-8-5-4-6-9-16/h4-6,8-9,11-12,14H,7,10,13H2,1-3H3/q+1. The first-order valence-electron chi connectivity index (χ1n) is 7.95. The Bertz CT molecular complexity index is 714. The lowest BCUT2D eigenvalue weighted by atomic mass is 9.82. The lowest BCUT2D eigenvalue weighted by Gasteiger charge is -2.14. The molecule has 1 nitrogen and oxygen atoms in total. The van der Waals surface area contributed by atoms with Crippen LogP contribution in [0.3, 0.4) is 0 Å². The lowest BCUT2D eigenvalue weighted by Crippen LogP contribution is -2.26. The first-order valence-corrected chi connectivity index (χ1v) is 8.75. The molecule has 1 aliphatic heterocycles. The average molecular weight is 357 g/mol. The number of halogens is 1. The van der Waals surface area contributed by atoms with Gasteiger partial charge in [-0.05, 0) is 38.0 Å². The zero-order valence-electron chi connectivity index (χ0n) is 13.6. The van der Waals surface area contributed by atoms with Gasteiger partial charge in [0.1, 0.15) is 6.54 Å². The first kappa shape index (κ1) is 15.5. The molecular formula is C20H23BrN+. The summed E-state index contributed by atoms with van der Waals surface area (Å²) in [6.45, 7) is 8.00. The number of hydrogen-bond acceptors (Lipinski definition) is 0. The van der Waals surface area contributed by atoms with E-state index in [0.717, 1.165) is 13.0 Å². The molecule has 0 aromatic heterocycles. The normalized spacial score (nSPS) is 16.0. The van der Waals surface area contributed by atoms with Crippen molar-refractivity contribution in [2.45, 2.75) is 39.0 Å². The van der Waals surface area contributed by atoms with E-state index in [4.69, 9.17) is 0 Å². The molecule has 0 radical (unpaired) electrons. The number of benzene rings is 2. The monoisotopic (exact) mass is 356 g/mol. The van der Waals surface area contributed by atoms with Gasteiger partial charge in [0.2, 0.25) is 5.69 Å². The molecule has 2 aromatic carbocycles. The Morgan fingerprint density at radius 3 is 2.50 bits per heavy atom. The van der Waals surface area contributed by atoms with Crippen molar-refractivity contribution in [1.82, 2.24) is 0 Å². The van der Waals surface area contributed by atoms with Crippen LogP contribution < -0.4 is 0 Å². The quantitative estimate of drug-likeness (QED) is 0.638. The molecule has 2 heteroatoms. The van der Waals surface area contributed by atoms with E-state index in [-0.39, 0.29) is 5.41 Å². The van der Waals surface area contributed by atoms with Gasteiger partial charge in [-0.1, -0.05) is 46.3 Å². The highest BCUT2D eigenvalue weighted by molar-refractivity contribution is 9.10. The first-order chi connectivity index (χ1) is 10.5. The third kappa shape index (κ3) is 2.77. The van der Waals surface area contributed by atoms with Crippen LogP contribution in [0.4, 0.5) is 5.69 Å². The summed E-state index contributed by atoms with van der Waals surface area (Å²) in [5.41, 5.74) is 5.80. The summed E-state index contributed by atoms with van der Waals surface area (Å²) >= 11 is 3.61. The van der Waals surface area contributed by atoms with Crippen LogP contribution in [0.25, 0.3) is 0 Å². The molecule has 0 bridgehead atoms. The zero-order valence-corrected chi connectivity index (χ0v) is 15.2. The van der Waals surface area contributed by atoms with Crippen LogP contribution in [0.5, 0.6) is 0 Å². The second-order valence-corrected chi connectivity index (χ2v) is 7.53. The summed E-state index contributed by atoms with van der Waals surface area (Å²) in [5.74, 6) is 0. The van der Waals surface area contributed by atoms with Crippen molar-refractivity contribution in [3.05, 3.63) is 64.1 Å². The SMILES string of the molecule is CC1=[N+](CCCc2ccccc2)c2ccc(Br)cc2C1(C)C. The molecule has 0 saturated heterocycles. The van der Waals surface area contributed by atoms with E-state index in [1.807, 2.05) is 0 Å². The van der Waals surface area contributed by atoms with E-state index < -0.39 is 0 Å². The summed E-state index contributed by atoms with van der Waals surface area (Å²) in [4.78, 5) is 0. The molecule has 0 saturated carbocycles. The molecule has 22 heavy (non-hydrogen) atoms. The topological polar surface area (TPSA) is 3.01 Å². The van der Waals surface area contributed by atoms with Gasteiger partial charge >= 0.3 is 0 Å². The van der Waals surface area contributed by atoms with Crippen LogP contribution in [0.2, 0.25) is 0 Å². The molecule has 1 heterocycles. The van der Waals surface area contributed by atoms with Gasteiger partial charge in [0.25, 0.3) is 0 Å². The van der Waals surface area contributed by atoms with E-state index in [2.05, 4.69) is 89.8 Å². The van der Waals surface area contributed by atoms with E-state index in [1.54, 1.807) is 0 Å². The van der Waals surface area contributed by atoms with Gasteiger partial charge in [-0.15, -0.1) is 0 Å². The lowest BCUT2D eigenvalue weighted by molar-refractivity contribution is -0.439. The van der Waals surface area contributed by atoms with Gasteiger partial charge in [-0.25, -0.2) is 0 Å². The van der Waals surface area contributed by atoms with Gasteiger partial charge in [-0.2, -0.15) is 4.58 Å². The Kier molecular flexibility index (Phi) is 4.22. The molecule has 0 N–H and O–H groups in total. The van der Waals surface area contributed by atoms with Gasteiger partial charge in [0.05, 0.1) is 5.41 Å². The van der Waals surface area contributed by atoms with E-state index in [1.165, 1.54) is 33.4 Å². The summed E-state index contributed by atoms with van der Waals surface area (Å²) in [7, 11) is 0. The van der Waals surface area contributed by atoms with Crippen LogP contribution in [-0.4, -0.2) is 16.8 Å². The van der Waals surface area contributed by atoms with E-state index in [0.29, 0.717) is 0 Å². The third-order valence-electron chi connectivity index (χ3n) is 4.92. The molecule has 0 unspecified atom stereocenters. The fourth-order valence-electron chi connectivity index (χ4n) is 3.33. The molecule has 0 fully saturated rings. The van der Waals surface area contributed by atoms with Crippen LogP contribution in [-0.2, 0) is 11.8 Å². The highest BCUT2D eigenvalue weighted by atomic mass is 79.9. The Labute approximate surface area is 141 Å². The largest absolute Gasteiger partial charge is 0.209 e. The minimum absolute atomic E-state index is 0.117. The van der Waals surface area contributed by atoms with Gasteiger partial charge in [0, 0.05) is 29.4 Å². The molecule has 114 valence electrons.